The summed E-state index contributed by atoms with van der Waals surface area (Å²) in [6, 6.07) is 12.3. The average molecular weight is 503 g/mol. The third-order valence-corrected chi connectivity index (χ3v) is 7.62. The molecule has 3 aliphatic rings. The standard InChI is InChI=1S/C30H27FO6/c1-16-10-25-28(29(33)30(37-25)8-9-30)17(2)27(16)18-4-7-23(31)20(11-18)15-35-21-5-6-22-19(12-26(32)34-3)14-36-24(22)13-21/h4-7,10-11,13,19H,8-9,12,14-15H2,1-3H3. The Labute approximate surface area is 214 Å². The highest BCUT2D eigenvalue weighted by molar-refractivity contribution is 6.11. The van der Waals surface area contributed by atoms with Gasteiger partial charge in [-0.2, -0.15) is 0 Å². The van der Waals surface area contributed by atoms with Crippen LogP contribution in [0.3, 0.4) is 0 Å². The van der Waals surface area contributed by atoms with Gasteiger partial charge in [-0.25, -0.2) is 4.39 Å². The van der Waals surface area contributed by atoms with Crippen LogP contribution < -0.4 is 14.2 Å². The van der Waals surface area contributed by atoms with Crippen molar-refractivity contribution in [2.45, 2.75) is 51.2 Å². The molecule has 6 nitrogen and oxygen atoms in total. The summed E-state index contributed by atoms with van der Waals surface area (Å²) in [4.78, 5) is 24.7. The molecule has 0 radical (unpaired) electrons. The van der Waals surface area contributed by atoms with Crippen LogP contribution in [0, 0.1) is 19.7 Å². The van der Waals surface area contributed by atoms with Crippen molar-refractivity contribution in [3.05, 3.63) is 76.1 Å². The first-order valence-electron chi connectivity index (χ1n) is 12.4. The summed E-state index contributed by atoms with van der Waals surface area (Å²) in [5.41, 5.74) is 4.89. The van der Waals surface area contributed by atoms with E-state index in [0.29, 0.717) is 35.0 Å². The van der Waals surface area contributed by atoms with Crippen molar-refractivity contribution in [1.29, 1.82) is 0 Å². The highest BCUT2D eigenvalue weighted by Gasteiger charge is 2.58. The minimum atomic E-state index is -0.654. The molecule has 0 N–H and O–H groups in total. The van der Waals surface area contributed by atoms with E-state index in [-0.39, 0.29) is 36.5 Å². The van der Waals surface area contributed by atoms with Crippen molar-refractivity contribution >= 4 is 11.8 Å². The van der Waals surface area contributed by atoms with Crippen LogP contribution in [-0.4, -0.2) is 31.1 Å². The largest absolute Gasteiger partial charge is 0.492 e. The van der Waals surface area contributed by atoms with Crippen LogP contribution in [0.2, 0.25) is 0 Å². The zero-order chi connectivity index (χ0) is 25.9. The van der Waals surface area contributed by atoms with E-state index in [9.17, 15) is 14.0 Å². The first-order valence-corrected chi connectivity index (χ1v) is 12.4. The smallest absolute Gasteiger partial charge is 0.306 e. The van der Waals surface area contributed by atoms with Crippen LogP contribution >= 0.6 is 0 Å². The van der Waals surface area contributed by atoms with Crippen molar-refractivity contribution in [1.82, 2.24) is 0 Å². The molecule has 6 rings (SSSR count). The highest BCUT2D eigenvalue weighted by Crippen LogP contribution is 2.52. The zero-order valence-corrected chi connectivity index (χ0v) is 21.0. The van der Waals surface area contributed by atoms with E-state index in [1.165, 1.54) is 13.2 Å². The summed E-state index contributed by atoms with van der Waals surface area (Å²) in [5, 5.41) is 0. The highest BCUT2D eigenvalue weighted by atomic mass is 19.1. The van der Waals surface area contributed by atoms with Crippen LogP contribution in [0.5, 0.6) is 17.2 Å². The van der Waals surface area contributed by atoms with Gasteiger partial charge in [0, 0.05) is 23.1 Å². The van der Waals surface area contributed by atoms with Gasteiger partial charge in [-0.3, -0.25) is 9.59 Å². The minimum absolute atomic E-state index is 0.0260. The number of halogens is 1. The van der Waals surface area contributed by atoms with Gasteiger partial charge in [-0.05, 0) is 73.2 Å². The number of fused-ring (bicyclic) bond motifs is 2. The Balaban J connectivity index is 1.24. The predicted octanol–water partition coefficient (Wildman–Crippen LogP) is 5.84. The maximum absolute atomic E-state index is 14.8. The third kappa shape index (κ3) is 3.93. The quantitative estimate of drug-likeness (QED) is 0.395. The molecule has 1 saturated carbocycles. The number of hydrogen-bond acceptors (Lipinski definition) is 6. The minimum Gasteiger partial charge on any atom is -0.492 e. The Kier molecular flexibility index (Phi) is 5.48. The molecular weight excluding hydrogens is 475 g/mol. The topological polar surface area (TPSA) is 71.1 Å². The molecule has 37 heavy (non-hydrogen) atoms. The van der Waals surface area contributed by atoms with Crippen molar-refractivity contribution in [3.8, 4) is 28.4 Å². The molecular formula is C30H27FO6. The predicted molar refractivity (Wildman–Crippen MR) is 134 cm³/mol. The lowest BCUT2D eigenvalue weighted by Gasteiger charge is -2.15. The van der Waals surface area contributed by atoms with Crippen LogP contribution in [0.25, 0.3) is 11.1 Å². The van der Waals surface area contributed by atoms with Crippen LogP contribution in [0.1, 0.15) is 57.8 Å². The molecule has 190 valence electrons. The summed E-state index contributed by atoms with van der Waals surface area (Å²) in [5.74, 6) is 1.20. The lowest BCUT2D eigenvalue weighted by Crippen LogP contribution is -2.22. The molecule has 1 atom stereocenters. The molecule has 3 aromatic carbocycles. The van der Waals surface area contributed by atoms with E-state index in [4.69, 9.17) is 18.9 Å². The molecule has 1 unspecified atom stereocenters. The molecule has 0 aromatic heterocycles. The Morgan fingerprint density at radius 3 is 2.65 bits per heavy atom. The average Bonchev–Trinajstić information content (AvgIpc) is 3.47. The second-order valence-electron chi connectivity index (χ2n) is 10.1. The van der Waals surface area contributed by atoms with E-state index >= 15 is 0 Å². The molecule has 3 aromatic rings. The van der Waals surface area contributed by atoms with E-state index in [0.717, 1.165) is 40.7 Å². The lowest BCUT2D eigenvalue weighted by molar-refractivity contribution is -0.141. The monoisotopic (exact) mass is 502 g/mol. The fraction of sp³-hybridized carbons (Fsp3) is 0.333. The van der Waals surface area contributed by atoms with Gasteiger partial charge in [-0.1, -0.05) is 12.1 Å². The number of carbonyl (C=O) groups is 2. The molecule has 0 saturated heterocycles. The molecule has 2 aliphatic heterocycles. The van der Waals surface area contributed by atoms with Gasteiger partial charge >= 0.3 is 5.97 Å². The van der Waals surface area contributed by atoms with Crippen molar-refractivity contribution < 1.29 is 32.9 Å². The van der Waals surface area contributed by atoms with Crippen LogP contribution in [0.15, 0.2) is 42.5 Å². The van der Waals surface area contributed by atoms with Gasteiger partial charge in [0.2, 0.25) is 5.78 Å². The summed E-state index contributed by atoms with van der Waals surface area (Å²) in [6.07, 6.45) is 1.76. The van der Waals surface area contributed by atoms with E-state index in [1.807, 2.05) is 26.0 Å². The molecule has 1 spiro atoms. The third-order valence-electron chi connectivity index (χ3n) is 7.62. The summed E-state index contributed by atoms with van der Waals surface area (Å²) in [6.45, 7) is 4.34. The van der Waals surface area contributed by atoms with Gasteiger partial charge < -0.3 is 18.9 Å². The number of esters is 1. The Morgan fingerprint density at radius 1 is 1.08 bits per heavy atom. The van der Waals surface area contributed by atoms with E-state index < -0.39 is 5.60 Å². The lowest BCUT2D eigenvalue weighted by atomic mass is 9.89. The van der Waals surface area contributed by atoms with Crippen molar-refractivity contribution in [3.63, 3.8) is 0 Å². The molecule has 7 heteroatoms. The van der Waals surface area contributed by atoms with Crippen molar-refractivity contribution in [2.24, 2.45) is 0 Å². The maximum Gasteiger partial charge on any atom is 0.306 e. The summed E-state index contributed by atoms with van der Waals surface area (Å²) >= 11 is 0. The van der Waals surface area contributed by atoms with Crippen molar-refractivity contribution in [2.75, 3.05) is 13.7 Å². The molecule has 0 amide bonds. The molecule has 2 heterocycles. The number of methoxy groups -OCH3 is 1. The summed E-state index contributed by atoms with van der Waals surface area (Å²) < 4.78 is 37.2. The van der Waals surface area contributed by atoms with Gasteiger partial charge in [0.25, 0.3) is 0 Å². The Hall–Kier alpha value is -3.87. The fourth-order valence-electron chi connectivity index (χ4n) is 5.48. The second-order valence-corrected chi connectivity index (χ2v) is 10.1. The number of ether oxygens (including phenoxy) is 4. The van der Waals surface area contributed by atoms with E-state index in [2.05, 4.69) is 0 Å². The zero-order valence-electron chi connectivity index (χ0n) is 21.0. The van der Waals surface area contributed by atoms with Gasteiger partial charge in [0.05, 0.1) is 25.7 Å². The SMILES string of the molecule is COC(=O)CC1COc2cc(OCc3cc(-c4c(C)cc5c(c4C)C(=O)C4(CC4)O5)ccc3F)ccc21. The number of ketones is 1. The van der Waals surface area contributed by atoms with Gasteiger partial charge in [-0.15, -0.1) is 0 Å². The number of rotatable bonds is 6. The number of hydrogen-bond donors (Lipinski definition) is 0. The van der Waals surface area contributed by atoms with Gasteiger partial charge in [0.15, 0.2) is 5.60 Å². The molecule has 1 aliphatic carbocycles. The second kappa shape index (κ2) is 8.61. The summed E-state index contributed by atoms with van der Waals surface area (Å²) in [7, 11) is 1.37. The number of aryl methyl sites for hydroxylation is 1. The first-order chi connectivity index (χ1) is 17.8. The molecule has 0 bridgehead atoms. The van der Waals surface area contributed by atoms with Gasteiger partial charge in [0.1, 0.15) is 29.7 Å². The van der Waals surface area contributed by atoms with Crippen LogP contribution in [-0.2, 0) is 16.1 Å². The number of benzene rings is 3. The number of Topliss-reactive ketones (excluding diaryl/α,β-unsaturated/α-hetero) is 1. The maximum atomic E-state index is 14.8. The van der Waals surface area contributed by atoms with E-state index in [1.54, 1.807) is 24.3 Å². The Bertz CT molecular complexity index is 1450. The van der Waals surface area contributed by atoms with Crippen LogP contribution in [0.4, 0.5) is 4.39 Å². The molecule has 1 fully saturated rings. The Morgan fingerprint density at radius 2 is 1.89 bits per heavy atom. The first kappa shape index (κ1) is 23.5. The normalized spacial score (nSPS) is 18.2. The number of carbonyl (C=O) groups excluding carboxylic acids is 2. The fourth-order valence-corrected chi connectivity index (χ4v) is 5.48.